The number of carbonyl (C=O) groups is 3. The molecule has 6 nitrogen and oxygen atoms in total. The van der Waals surface area contributed by atoms with Gasteiger partial charge in [-0.3, -0.25) is 19.7 Å². The first kappa shape index (κ1) is 15.0. The molecule has 1 aromatic carbocycles. The molecule has 1 atom stereocenters. The van der Waals surface area contributed by atoms with Gasteiger partial charge in [-0.05, 0) is 30.2 Å². The average molecular weight is 315 g/mol. The van der Waals surface area contributed by atoms with Crippen LogP contribution in [0.1, 0.15) is 28.8 Å². The molecular formula is C14H14BN3O3S. The van der Waals surface area contributed by atoms with E-state index < -0.39 is 11.3 Å². The second-order valence-electron chi connectivity index (χ2n) is 5.40. The number of benzene rings is 1. The smallest absolute Gasteiger partial charge is 0.254 e. The van der Waals surface area contributed by atoms with Crippen LogP contribution in [-0.2, 0) is 16.1 Å². The van der Waals surface area contributed by atoms with Gasteiger partial charge in [-0.15, -0.1) is 0 Å². The molecule has 1 saturated heterocycles. The molecule has 3 rings (SSSR count). The number of nitrogens with one attached hydrogen (secondary N) is 2. The highest BCUT2D eigenvalue weighted by molar-refractivity contribution is 7.80. The van der Waals surface area contributed by atoms with Crippen molar-refractivity contribution in [1.29, 1.82) is 0 Å². The Morgan fingerprint density at radius 3 is 2.82 bits per heavy atom. The average Bonchev–Trinajstić information content (AvgIpc) is 2.81. The summed E-state index contributed by atoms with van der Waals surface area (Å²) in [6, 6.07) is 5.33. The van der Waals surface area contributed by atoms with E-state index in [1.54, 1.807) is 12.1 Å². The molecule has 22 heavy (non-hydrogen) atoms. The minimum atomic E-state index is -1.48. The van der Waals surface area contributed by atoms with Gasteiger partial charge in [-0.2, -0.15) is 12.6 Å². The van der Waals surface area contributed by atoms with Crippen molar-refractivity contribution in [1.82, 2.24) is 10.2 Å². The number of fused-ring (bicyclic) bond motifs is 1. The molecule has 1 aromatic rings. The van der Waals surface area contributed by atoms with Crippen molar-refractivity contribution in [2.75, 3.05) is 11.2 Å². The van der Waals surface area contributed by atoms with E-state index in [-0.39, 0.29) is 31.2 Å². The van der Waals surface area contributed by atoms with Crippen LogP contribution >= 0.6 is 12.6 Å². The van der Waals surface area contributed by atoms with E-state index in [0.717, 1.165) is 11.3 Å². The second-order valence-corrected chi connectivity index (χ2v) is 5.72. The van der Waals surface area contributed by atoms with Crippen LogP contribution in [0.25, 0.3) is 0 Å². The van der Waals surface area contributed by atoms with Crippen molar-refractivity contribution in [2.24, 2.45) is 0 Å². The third-order valence-electron chi connectivity index (χ3n) is 4.05. The first-order valence-electron chi connectivity index (χ1n) is 6.88. The molecule has 2 radical (unpaired) electrons. The van der Waals surface area contributed by atoms with Crippen molar-refractivity contribution in [3.8, 4) is 0 Å². The summed E-state index contributed by atoms with van der Waals surface area (Å²) < 4.78 is 0. The summed E-state index contributed by atoms with van der Waals surface area (Å²) in [6.45, 7) is 0.244. The van der Waals surface area contributed by atoms with Crippen LogP contribution in [0.3, 0.4) is 0 Å². The molecule has 2 aliphatic heterocycles. The number of rotatable bonds is 3. The largest absolute Gasteiger partial charge is 0.376 e. The number of carbonyl (C=O) groups excluding carboxylic acids is 3. The lowest BCUT2D eigenvalue weighted by Crippen LogP contribution is -2.63. The SMILES string of the molecule is [B]C1(N2Cc3cc(NCS)ccc3C2=O)CCC(=O)NC1=O. The predicted octanol–water partition coefficient (Wildman–Crippen LogP) is 0.243. The highest BCUT2D eigenvalue weighted by Crippen LogP contribution is 2.33. The fraction of sp³-hybridized carbons (Fsp3) is 0.357. The zero-order valence-corrected chi connectivity index (χ0v) is 12.7. The van der Waals surface area contributed by atoms with E-state index in [1.807, 2.05) is 6.07 Å². The van der Waals surface area contributed by atoms with Crippen LogP contribution in [-0.4, -0.2) is 41.8 Å². The number of amides is 3. The van der Waals surface area contributed by atoms with Crippen LogP contribution in [0, 0.1) is 0 Å². The lowest BCUT2D eigenvalue weighted by Gasteiger charge is -2.40. The molecule has 2 N–H and O–H groups in total. The van der Waals surface area contributed by atoms with Crippen molar-refractivity contribution < 1.29 is 14.4 Å². The Morgan fingerprint density at radius 1 is 1.36 bits per heavy atom. The Bertz CT molecular complexity index is 681. The van der Waals surface area contributed by atoms with Crippen molar-refractivity contribution in [3.63, 3.8) is 0 Å². The first-order chi connectivity index (χ1) is 10.5. The highest BCUT2D eigenvalue weighted by Gasteiger charge is 2.47. The van der Waals surface area contributed by atoms with Crippen molar-refractivity contribution in [2.45, 2.75) is 24.8 Å². The van der Waals surface area contributed by atoms with Crippen LogP contribution in [0.4, 0.5) is 5.69 Å². The van der Waals surface area contributed by atoms with E-state index in [1.165, 1.54) is 4.90 Å². The van der Waals surface area contributed by atoms with Gasteiger partial charge < -0.3 is 10.2 Å². The predicted molar refractivity (Wildman–Crippen MR) is 84.7 cm³/mol. The van der Waals surface area contributed by atoms with E-state index in [9.17, 15) is 14.4 Å². The van der Waals surface area contributed by atoms with Gasteiger partial charge in [0.1, 0.15) is 7.85 Å². The standard InChI is InChI=1S/C14H14BN3O3S/c15-14(4-3-11(19)17-13(14)21)18-6-8-5-9(16-7-22)1-2-10(8)12(18)20/h1-2,5,16,22H,3-4,6-7H2,(H,17,19,21). The van der Waals surface area contributed by atoms with Gasteiger partial charge in [0.2, 0.25) is 11.8 Å². The highest BCUT2D eigenvalue weighted by atomic mass is 32.1. The summed E-state index contributed by atoms with van der Waals surface area (Å²) in [5.41, 5.74) is 0.685. The quantitative estimate of drug-likeness (QED) is 0.323. The van der Waals surface area contributed by atoms with Gasteiger partial charge in [0.15, 0.2) is 0 Å². The van der Waals surface area contributed by atoms with Gasteiger partial charge in [0.05, 0.1) is 11.3 Å². The van der Waals surface area contributed by atoms with E-state index in [2.05, 4.69) is 23.3 Å². The minimum absolute atomic E-state index is 0.120. The number of imide groups is 1. The zero-order chi connectivity index (χ0) is 15.9. The summed E-state index contributed by atoms with van der Waals surface area (Å²) in [6.07, 6.45) is 0.244. The zero-order valence-electron chi connectivity index (χ0n) is 11.8. The lowest BCUT2D eigenvalue weighted by atomic mass is 9.70. The summed E-state index contributed by atoms with van der Waals surface area (Å²) >= 11 is 4.10. The fourth-order valence-corrected chi connectivity index (χ4v) is 3.00. The van der Waals surface area contributed by atoms with Gasteiger partial charge >= 0.3 is 0 Å². The Labute approximate surface area is 134 Å². The summed E-state index contributed by atoms with van der Waals surface area (Å²) in [7, 11) is 6.15. The third-order valence-corrected chi connectivity index (χ3v) is 4.21. The summed E-state index contributed by atoms with van der Waals surface area (Å²) in [5.74, 6) is -0.810. The molecule has 0 aromatic heterocycles. The number of thiol groups is 1. The molecule has 1 unspecified atom stereocenters. The molecule has 1 fully saturated rings. The fourth-order valence-electron chi connectivity index (χ4n) is 2.82. The molecule has 0 spiro atoms. The number of hydrogen-bond acceptors (Lipinski definition) is 5. The molecule has 0 saturated carbocycles. The maximum atomic E-state index is 12.5. The summed E-state index contributed by atoms with van der Waals surface area (Å²) in [5, 5.41) is 5.26. The van der Waals surface area contributed by atoms with Gasteiger partial charge in [0, 0.05) is 24.2 Å². The number of nitrogens with zero attached hydrogens (tertiary/aromatic N) is 1. The maximum Gasteiger partial charge on any atom is 0.254 e. The van der Waals surface area contributed by atoms with Crippen molar-refractivity contribution in [3.05, 3.63) is 29.3 Å². The lowest BCUT2D eigenvalue weighted by molar-refractivity contribution is -0.138. The first-order valence-corrected chi connectivity index (χ1v) is 7.52. The Balaban J connectivity index is 1.90. The van der Waals surface area contributed by atoms with Crippen molar-refractivity contribution >= 4 is 43.9 Å². The van der Waals surface area contributed by atoms with Crippen LogP contribution in [0.2, 0.25) is 0 Å². The molecule has 3 amide bonds. The van der Waals surface area contributed by atoms with E-state index in [4.69, 9.17) is 7.85 Å². The molecular weight excluding hydrogens is 301 g/mol. The van der Waals surface area contributed by atoms with Gasteiger partial charge in [-0.1, -0.05) is 0 Å². The Morgan fingerprint density at radius 2 is 2.14 bits per heavy atom. The molecule has 8 heteroatoms. The van der Waals surface area contributed by atoms with Gasteiger partial charge in [0.25, 0.3) is 5.91 Å². The monoisotopic (exact) mass is 315 g/mol. The van der Waals surface area contributed by atoms with Crippen LogP contribution in [0.15, 0.2) is 18.2 Å². The summed E-state index contributed by atoms with van der Waals surface area (Å²) in [4.78, 5) is 37.3. The van der Waals surface area contributed by atoms with E-state index in [0.29, 0.717) is 11.4 Å². The second kappa shape index (κ2) is 5.35. The number of anilines is 1. The molecule has 0 bridgehead atoms. The molecule has 112 valence electrons. The van der Waals surface area contributed by atoms with E-state index >= 15 is 0 Å². The van der Waals surface area contributed by atoms with Gasteiger partial charge in [-0.25, -0.2) is 0 Å². The minimum Gasteiger partial charge on any atom is -0.376 e. The normalized spacial score (nSPS) is 24.2. The van der Waals surface area contributed by atoms with Crippen LogP contribution < -0.4 is 10.6 Å². The number of hydrogen-bond donors (Lipinski definition) is 3. The topological polar surface area (TPSA) is 78.5 Å². The Hall–Kier alpha value is -1.96. The third kappa shape index (κ3) is 2.27. The maximum absolute atomic E-state index is 12.5. The molecule has 2 heterocycles. The molecule has 0 aliphatic carbocycles. The molecule has 2 aliphatic rings. The Kier molecular flexibility index (Phi) is 3.64. The van der Waals surface area contributed by atoms with Crippen LogP contribution in [0.5, 0.6) is 0 Å². The number of piperidine rings is 1.